The Balaban J connectivity index is 2.25. The van der Waals surface area contributed by atoms with Crippen molar-refractivity contribution in [2.45, 2.75) is 13.0 Å². The molecule has 0 aliphatic heterocycles. The first-order chi connectivity index (χ1) is 10.6. The average Bonchev–Trinajstić information content (AvgIpc) is 2.55. The topological polar surface area (TPSA) is 38.8 Å². The molecule has 0 saturated carbocycles. The second kappa shape index (κ2) is 6.98. The van der Waals surface area contributed by atoms with E-state index in [0.29, 0.717) is 17.1 Å². The summed E-state index contributed by atoms with van der Waals surface area (Å²) in [6.45, 7) is 1.95. The number of hydrogen-bond acceptors (Lipinski definition) is 4. The van der Waals surface area contributed by atoms with Gasteiger partial charge in [-0.1, -0.05) is 18.2 Å². The van der Waals surface area contributed by atoms with Crippen LogP contribution in [0.15, 0.2) is 42.5 Å². The van der Waals surface area contributed by atoms with Crippen LogP contribution >= 0.6 is 0 Å². The molecule has 0 amide bonds. The Morgan fingerprint density at radius 1 is 1.09 bits per heavy atom. The molecule has 1 atom stereocenters. The number of ether oxygens (including phenoxy) is 2. The molecule has 2 rings (SSSR count). The Morgan fingerprint density at radius 2 is 1.77 bits per heavy atom. The van der Waals surface area contributed by atoms with Gasteiger partial charge in [-0.25, -0.2) is 0 Å². The fourth-order valence-corrected chi connectivity index (χ4v) is 2.20. The molecular formula is C18H21NO3. The SMILES string of the molecule is COc1cccc(C=O)c1OC(C)c1ccc(N(C)C)cc1. The van der Waals surface area contributed by atoms with Gasteiger partial charge in [-0.05, 0) is 36.8 Å². The highest BCUT2D eigenvalue weighted by Gasteiger charge is 2.15. The lowest BCUT2D eigenvalue weighted by Crippen LogP contribution is -2.09. The van der Waals surface area contributed by atoms with Gasteiger partial charge in [0.1, 0.15) is 6.10 Å². The lowest BCUT2D eigenvalue weighted by Gasteiger charge is -2.19. The molecule has 0 spiro atoms. The minimum Gasteiger partial charge on any atom is -0.493 e. The molecule has 2 aromatic carbocycles. The Kier molecular flexibility index (Phi) is 5.04. The van der Waals surface area contributed by atoms with E-state index in [4.69, 9.17) is 9.47 Å². The smallest absolute Gasteiger partial charge is 0.172 e. The molecule has 0 heterocycles. The van der Waals surface area contributed by atoms with Gasteiger partial charge in [0.15, 0.2) is 17.8 Å². The van der Waals surface area contributed by atoms with Gasteiger partial charge in [-0.3, -0.25) is 4.79 Å². The Labute approximate surface area is 131 Å². The zero-order chi connectivity index (χ0) is 16.1. The normalized spacial score (nSPS) is 11.6. The summed E-state index contributed by atoms with van der Waals surface area (Å²) in [6, 6.07) is 13.4. The van der Waals surface area contributed by atoms with Crippen molar-refractivity contribution in [3.63, 3.8) is 0 Å². The number of methoxy groups -OCH3 is 1. The van der Waals surface area contributed by atoms with Crippen LogP contribution in [0.1, 0.15) is 28.9 Å². The van der Waals surface area contributed by atoms with Crippen LogP contribution < -0.4 is 14.4 Å². The molecule has 0 radical (unpaired) electrons. The number of hydrogen-bond donors (Lipinski definition) is 0. The molecule has 0 saturated heterocycles. The third-order valence-electron chi connectivity index (χ3n) is 3.53. The fourth-order valence-electron chi connectivity index (χ4n) is 2.20. The van der Waals surface area contributed by atoms with Crippen molar-refractivity contribution in [1.29, 1.82) is 0 Å². The van der Waals surface area contributed by atoms with Gasteiger partial charge >= 0.3 is 0 Å². The van der Waals surface area contributed by atoms with Crippen LogP contribution in [0.5, 0.6) is 11.5 Å². The lowest BCUT2D eigenvalue weighted by molar-refractivity contribution is 0.111. The molecule has 0 aliphatic rings. The molecule has 0 aromatic heterocycles. The Morgan fingerprint density at radius 3 is 2.32 bits per heavy atom. The van der Waals surface area contributed by atoms with Crippen molar-refractivity contribution < 1.29 is 14.3 Å². The minimum absolute atomic E-state index is 0.189. The molecule has 2 aromatic rings. The van der Waals surface area contributed by atoms with E-state index in [2.05, 4.69) is 0 Å². The number of carbonyl (C=O) groups excluding carboxylic acids is 1. The van der Waals surface area contributed by atoms with E-state index in [9.17, 15) is 4.79 Å². The molecule has 0 fully saturated rings. The second-order valence-corrected chi connectivity index (χ2v) is 5.24. The summed E-state index contributed by atoms with van der Waals surface area (Å²) >= 11 is 0. The fraction of sp³-hybridized carbons (Fsp3) is 0.278. The molecule has 0 aliphatic carbocycles. The number of para-hydroxylation sites is 1. The monoisotopic (exact) mass is 299 g/mol. The number of benzene rings is 2. The summed E-state index contributed by atoms with van der Waals surface area (Å²) in [5, 5.41) is 0. The molecule has 4 nitrogen and oxygen atoms in total. The zero-order valence-electron chi connectivity index (χ0n) is 13.4. The molecule has 0 bridgehead atoms. The third kappa shape index (κ3) is 3.39. The van der Waals surface area contributed by atoms with E-state index in [1.165, 1.54) is 0 Å². The molecule has 1 unspecified atom stereocenters. The maximum atomic E-state index is 11.2. The van der Waals surface area contributed by atoms with Crippen LogP contribution in [0.25, 0.3) is 0 Å². The summed E-state index contributed by atoms with van der Waals surface area (Å²) in [5.41, 5.74) is 2.64. The van der Waals surface area contributed by atoms with E-state index in [1.54, 1.807) is 25.3 Å². The van der Waals surface area contributed by atoms with Crippen molar-refractivity contribution >= 4 is 12.0 Å². The molecule has 4 heteroatoms. The highest BCUT2D eigenvalue weighted by molar-refractivity contribution is 5.81. The van der Waals surface area contributed by atoms with Crippen molar-refractivity contribution in [2.24, 2.45) is 0 Å². The Hall–Kier alpha value is -2.49. The number of anilines is 1. The molecular weight excluding hydrogens is 278 g/mol. The maximum absolute atomic E-state index is 11.2. The third-order valence-corrected chi connectivity index (χ3v) is 3.53. The van der Waals surface area contributed by atoms with Crippen LogP contribution in [-0.4, -0.2) is 27.5 Å². The first kappa shape index (κ1) is 15.9. The van der Waals surface area contributed by atoms with Gasteiger partial charge < -0.3 is 14.4 Å². The van der Waals surface area contributed by atoms with Gasteiger partial charge in [0.2, 0.25) is 0 Å². The van der Waals surface area contributed by atoms with Crippen molar-refractivity contribution in [3.8, 4) is 11.5 Å². The molecule has 22 heavy (non-hydrogen) atoms. The summed E-state index contributed by atoms with van der Waals surface area (Å²) in [5.74, 6) is 1.03. The van der Waals surface area contributed by atoms with Crippen molar-refractivity contribution in [1.82, 2.24) is 0 Å². The summed E-state index contributed by atoms with van der Waals surface area (Å²) in [4.78, 5) is 13.2. The van der Waals surface area contributed by atoms with Crippen LogP contribution in [0.3, 0.4) is 0 Å². The first-order valence-electron chi connectivity index (χ1n) is 7.13. The minimum atomic E-state index is -0.189. The van der Waals surface area contributed by atoms with Crippen LogP contribution in [0.4, 0.5) is 5.69 Å². The van der Waals surface area contributed by atoms with Crippen molar-refractivity contribution in [2.75, 3.05) is 26.1 Å². The van der Waals surface area contributed by atoms with Crippen LogP contribution in [-0.2, 0) is 0 Å². The largest absolute Gasteiger partial charge is 0.493 e. The predicted octanol–water partition coefficient (Wildman–Crippen LogP) is 3.71. The standard InChI is InChI=1S/C18H21NO3/c1-13(14-8-10-16(11-9-14)19(2)3)22-18-15(12-20)6-5-7-17(18)21-4/h5-13H,1-4H3. The Bertz CT molecular complexity index is 635. The molecule has 116 valence electrons. The quantitative estimate of drug-likeness (QED) is 0.762. The van der Waals surface area contributed by atoms with Crippen molar-refractivity contribution in [3.05, 3.63) is 53.6 Å². The zero-order valence-corrected chi connectivity index (χ0v) is 13.4. The summed E-state index contributed by atoms with van der Waals surface area (Å²) < 4.78 is 11.3. The highest BCUT2D eigenvalue weighted by Crippen LogP contribution is 2.34. The second-order valence-electron chi connectivity index (χ2n) is 5.24. The summed E-state index contributed by atoms with van der Waals surface area (Å²) in [6.07, 6.45) is 0.589. The van der Waals surface area contributed by atoms with Crippen LogP contribution in [0, 0.1) is 0 Å². The van der Waals surface area contributed by atoms with Gasteiger partial charge in [0.05, 0.1) is 12.7 Å². The highest BCUT2D eigenvalue weighted by atomic mass is 16.5. The lowest BCUT2D eigenvalue weighted by atomic mass is 10.1. The van der Waals surface area contributed by atoms with Gasteiger partial charge in [0, 0.05) is 19.8 Å². The number of carbonyl (C=O) groups is 1. The van der Waals surface area contributed by atoms with Gasteiger partial charge in [-0.15, -0.1) is 0 Å². The van der Waals surface area contributed by atoms with Gasteiger partial charge in [0.25, 0.3) is 0 Å². The summed E-state index contributed by atoms with van der Waals surface area (Å²) in [7, 11) is 5.56. The first-order valence-corrected chi connectivity index (χ1v) is 7.13. The van der Waals surface area contributed by atoms with E-state index in [0.717, 1.165) is 17.5 Å². The van der Waals surface area contributed by atoms with Gasteiger partial charge in [-0.2, -0.15) is 0 Å². The van der Waals surface area contributed by atoms with E-state index >= 15 is 0 Å². The number of aldehydes is 1. The number of nitrogens with zero attached hydrogens (tertiary/aromatic N) is 1. The average molecular weight is 299 g/mol. The predicted molar refractivity (Wildman–Crippen MR) is 88.2 cm³/mol. The van der Waals surface area contributed by atoms with E-state index < -0.39 is 0 Å². The number of rotatable bonds is 6. The van der Waals surface area contributed by atoms with E-state index in [-0.39, 0.29) is 6.10 Å². The van der Waals surface area contributed by atoms with E-state index in [1.807, 2.05) is 50.2 Å². The molecule has 0 N–H and O–H groups in total. The van der Waals surface area contributed by atoms with Crippen LogP contribution in [0.2, 0.25) is 0 Å². The maximum Gasteiger partial charge on any atom is 0.172 e.